The molecule has 1 aliphatic rings. The summed E-state index contributed by atoms with van der Waals surface area (Å²) in [7, 11) is 0. The first-order valence-electron chi connectivity index (χ1n) is 8.94. The minimum Gasteiger partial charge on any atom is -0.494 e. The lowest BCUT2D eigenvalue weighted by molar-refractivity contribution is -0.132. The third-order valence-corrected chi connectivity index (χ3v) is 5.31. The Morgan fingerprint density at radius 3 is 2.76 bits per heavy atom. The van der Waals surface area contributed by atoms with Gasteiger partial charge in [-0.25, -0.2) is 9.48 Å². The number of carbonyl (C=O) groups excluding carboxylic acids is 1. The van der Waals surface area contributed by atoms with E-state index >= 15 is 0 Å². The number of carboxylic acids is 1. The molecule has 3 heterocycles. The molecule has 3 N–H and O–H groups in total. The van der Waals surface area contributed by atoms with Crippen LogP contribution >= 0.6 is 11.3 Å². The monoisotopic (exact) mass is 410 g/mol. The number of carboxylic acid groups (broad SMARTS) is 1. The molecule has 4 rings (SSSR count). The summed E-state index contributed by atoms with van der Waals surface area (Å²) in [6.07, 6.45) is 3.02. The van der Waals surface area contributed by atoms with E-state index in [1.807, 2.05) is 24.4 Å². The van der Waals surface area contributed by atoms with Crippen molar-refractivity contribution in [3.63, 3.8) is 0 Å². The largest absolute Gasteiger partial charge is 0.494 e. The molecule has 29 heavy (non-hydrogen) atoms. The number of aromatic nitrogens is 2. The lowest BCUT2D eigenvalue weighted by Crippen LogP contribution is -2.25. The predicted molar refractivity (Wildman–Crippen MR) is 110 cm³/mol. The highest BCUT2D eigenvalue weighted by Crippen LogP contribution is 2.34. The maximum Gasteiger partial charge on any atom is 0.352 e. The first kappa shape index (κ1) is 18.8. The lowest BCUT2D eigenvalue weighted by Gasteiger charge is -2.23. The fourth-order valence-electron chi connectivity index (χ4n) is 3.05. The molecule has 2 aromatic heterocycles. The molecule has 0 saturated carbocycles. The van der Waals surface area contributed by atoms with E-state index in [9.17, 15) is 14.7 Å². The first-order chi connectivity index (χ1) is 14.1. The Morgan fingerprint density at radius 1 is 1.31 bits per heavy atom. The summed E-state index contributed by atoms with van der Waals surface area (Å²) in [5.74, 6) is -0.437. The van der Waals surface area contributed by atoms with Crippen LogP contribution in [0.25, 0.3) is 0 Å². The summed E-state index contributed by atoms with van der Waals surface area (Å²) in [5.41, 5.74) is 0.858. The number of benzene rings is 1. The van der Waals surface area contributed by atoms with Crippen molar-refractivity contribution in [3.8, 4) is 5.75 Å². The molecule has 1 amide bonds. The van der Waals surface area contributed by atoms with Gasteiger partial charge in [0.15, 0.2) is 0 Å². The molecule has 8 nitrogen and oxygen atoms in total. The number of hydrogen-bond donors (Lipinski definition) is 3. The molecule has 1 atom stereocenters. The number of amides is 1. The van der Waals surface area contributed by atoms with Crippen LogP contribution in [0.15, 0.2) is 59.7 Å². The summed E-state index contributed by atoms with van der Waals surface area (Å²) in [4.78, 5) is 25.3. The first-order valence-corrected chi connectivity index (χ1v) is 9.82. The molecule has 3 aromatic rings. The molecule has 1 aliphatic heterocycles. The number of fused-ring (bicyclic) bond motifs is 1. The predicted octanol–water partition coefficient (Wildman–Crippen LogP) is 3.58. The van der Waals surface area contributed by atoms with Gasteiger partial charge in [0.05, 0.1) is 12.8 Å². The quantitative estimate of drug-likeness (QED) is 0.574. The van der Waals surface area contributed by atoms with Crippen LogP contribution in [0.5, 0.6) is 5.75 Å². The molecule has 1 aromatic carbocycles. The van der Waals surface area contributed by atoms with Crippen molar-refractivity contribution in [1.82, 2.24) is 9.78 Å². The Labute approximate surface area is 170 Å². The van der Waals surface area contributed by atoms with Crippen LogP contribution in [-0.2, 0) is 4.79 Å². The zero-order valence-electron chi connectivity index (χ0n) is 15.5. The molecule has 0 aliphatic carbocycles. The van der Waals surface area contributed by atoms with Crippen LogP contribution in [0.3, 0.4) is 0 Å². The number of allylic oxidation sites excluding steroid dienone is 1. The maximum atomic E-state index is 12.8. The number of ether oxygens (including phenoxy) is 1. The standard InChI is InChI=1S/C20H18N4O4S/c1-2-28-13-7-5-12(6-8-13)22-19(25)14-11-21-24-16(17-4-3-9-29-17)10-15(20(26)27)23-18(14)24/h3-11,16,23H,2H2,1H3,(H,22,25)(H,26,27). The topological polar surface area (TPSA) is 105 Å². The van der Waals surface area contributed by atoms with Crippen molar-refractivity contribution in [2.24, 2.45) is 0 Å². The summed E-state index contributed by atoms with van der Waals surface area (Å²) >= 11 is 1.49. The van der Waals surface area contributed by atoms with E-state index in [4.69, 9.17) is 4.74 Å². The second-order valence-electron chi connectivity index (χ2n) is 6.23. The van der Waals surface area contributed by atoms with Gasteiger partial charge in [0.2, 0.25) is 0 Å². The highest BCUT2D eigenvalue weighted by Gasteiger charge is 2.29. The molecule has 0 bridgehead atoms. The number of rotatable bonds is 6. The third kappa shape index (κ3) is 3.72. The van der Waals surface area contributed by atoms with Gasteiger partial charge in [-0.2, -0.15) is 5.10 Å². The lowest BCUT2D eigenvalue weighted by atomic mass is 10.1. The number of hydrogen-bond acceptors (Lipinski definition) is 6. The molecule has 9 heteroatoms. The Balaban J connectivity index is 1.62. The van der Waals surface area contributed by atoms with Crippen molar-refractivity contribution in [1.29, 1.82) is 0 Å². The van der Waals surface area contributed by atoms with Crippen LogP contribution in [0.1, 0.15) is 28.2 Å². The van der Waals surface area contributed by atoms with Gasteiger partial charge in [0.1, 0.15) is 28.9 Å². The summed E-state index contributed by atoms with van der Waals surface area (Å²) in [5, 5.41) is 21.3. The minimum atomic E-state index is -1.10. The van der Waals surface area contributed by atoms with E-state index in [0.29, 0.717) is 23.9 Å². The highest BCUT2D eigenvalue weighted by molar-refractivity contribution is 7.10. The Hall–Kier alpha value is -3.59. The summed E-state index contributed by atoms with van der Waals surface area (Å²) in [6.45, 7) is 2.46. The van der Waals surface area contributed by atoms with Gasteiger partial charge in [0.25, 0.3) is 5.91 Å². The van der Waals surface area contributed by atoms with Gasteiger partial charge >= 0.3 is 5.97 Å². The Kier molecular flexibility index (Phi) is 5.05. The molecule has 0 spiro atoms. The van der Waals surface area contributed by atoms with E-state index < -0.39 is 12.0 Å². The van der Waals surface area contributed by atoms with Crippen molar-refractivity contribution in [2.45, 2.75) is 13.0 Å². The molecule has 148 valence electrons. The number of nitrogens with one attached hydrogen (secondary N) is 2. The van der Waals surface area contributed by atoms with Crippen LogP contribution in [0.2, 0.25) is 0 Å². The van der Waals surface area contributed by atoms with Gasteiger partial charge in [-0.3, -0.25) is 4.79 Å². The van der Waals surface area contributed by atoms with Gasteiger partial charge in [-0.05, 0) is 48.7 Å². The van der Waals surface area contributed by atoms with E-state index in [2.05, 4.69) is 15.7 Å². The van der Waals surface area contributed by atoms with E-state index in [1.54, 1.807) is 35.0 Å². The average Bonchev–Trinajstić information content (AvgIpc) is 3.39. The zero-order valence-corrected chi connectivity index (χ0v) is 16.3. The van der Waals surface area contributed by atoms with Gasteiger partial charge in [0, 0.05) is 10.6 Å². The van der Waals surface area contributed by atoms with E-state index in [-0.39, 0.29) is 17.2 Å². The SMILES string of the molecule is CCOc1ccc(NC(=O)c2cnn3c2NC(C(=O)O)=CC3c2cccs2)cc1. The number of thiophene rings is 1. The maximum absolute atomic E-state index is 12.8. The zero-order chi connectivity index (χ0) is 20.4. The average molecular weight is 410 g/mol. The van der Waals surface area contributed by atoms with Crippen molar-refractivity contribution in [2.75, 3.05) is 17.2 Å². The molecule has 1 unspecified atom stereocenters. The molecule has 0 saturated heterocycles. The van der Waals surface area contributed by atoms with Crippen LogP contribution in [-0.4, -0.2) is 33.4 Å². The van der Waals surface area contributed by atoms with Crippen molar-refractivity contribution in [3.05, 3.63) is 70.2 Å². The van der Waals surface area contributed by atoms with Crippen LogP contribution < -0.4 is 15.4 Å². The fraction of sp³-hybridized carbons (Fsp3) is 0.150. The molecular formula is C20H18N4O4S. The number of nitrogens with zero attached hydrogens (tertiary/aromatic N) is 2. The van der Waals surface area contributed by atoms with Gasteiger partial charge in [-0.15, -0.1) is 11.3 Å². The van der Waals surface area contributed by atoms with Crippen molar-refractivity contribution >= 4 is 34.7 Å². The minimum absolute atomic E-state index is 0.00603. The fourth-order valence-corrected chi connectivity index (χ4v) is 3.83. The number of anilines is 2. The van der Waals surface area contributed by atoms with Crippen molar-refractivity contribution < 1.29 is 19.4 Å². The molecular weight excluding hydrogens is 392 g/mol. The second-order valence-corrected chi connectivity index (χ2v) is 7.21. The van der Waals surface area contributed by atoms with Crippen LogP contribution in [0, 0.1) is 0 Å². The molecule has 0 radical (unpaired) electrons. The van der Waals surface area contributed by atoms with Gasteiger partial charge in [-0.1, -0.05) is 6.07 Å². The summed E-state index contributed by atoms with van der Waals surface area (Å²) < 4.78 is 7.01. The van der Waals surface area contributed by atoms with Gasteiger partial charge < -0.3 is 20.5 Å². The highest BCUT2D eigenvalue weighted by atomic mass is 32.1. The number of aliphatic carboxylic acids is 1. The summed E-state index contributed by atoms with van der Waals surface area (Å²) in [6, 6.07) is 10.4. The smallest absolute Gasteiger partial charge is 0.352 e. The Bertz CT molecular complexity index is 1070. The second kappa shape index (κ2) is 7.80. The molecule has 0 fully saturated rings. The van der Waals surface area contributed by atoms with E-state index in [0.717, 1.165) is 4.88 Å². The van der Waals surface area contributed by atoms with E-state index in [1.165, 1.54) is 17.5 Å². The Morgan fingerprint density at radius 2 is 2.10 bits per heavy atom. The third-order valence-electron chi connectivity index (χ3n) is 4.37. The number of carbonyl (C=O) groups is 2. The van der Waals surface area contributed by atoms with Crippen LogP contribution in [0.4, 0.5) is 11.5 Å². The normalized spacial score (nSPS) is 15.1.